The highest BCUT2D eigenvalue weighted by molar-refractivity contribution is 7.92. The first-order valence-electron chi connectivity index (χ1n) is 6.72. The largest absolute Gasteiger partial charge is 0.369 e. The highest BCUT2D eigenvalue weighted by Gasteiger charge is 2.19. The molecule has 2 aromatic rings. The third-order valence-electron chi connectivity index (χ3n) is 2.88. The van der Waals surface area contributed by atoms with Gasteiger partial charge in [0.05, 0.1) is 0 Å². The minimum absolute atomic E-state index is 0.144. The number of anilines is 2. The molecule has 2 N–H and O–H groups in total. The van der Waals surface area contributed by atoms with Crippen molar-refractivity contribution in [2.45, 2.75) is 25.7 Å². The summed E-state index contributed by atoms with van der Waals surface area (Å²) in [4.78, 5) is 4.23. The lowest BCUT2D eigenvalue weighted by Gasteiger charge is -2.13. The van der Waals surface area contributed by atoms with E-state index in [4.69, 9.17) is 0 Å². The summed E-state index contributed by atoms with van der Waals surface area (Å²) in [5, 5.41) is 2.96. The van der Waals surface area contributed by atoms with Crippen molar-refractivity contribution in [1.29, 1.82) is 0 Å². The number of benzene rings is 1. The van der Waals surface area contributed by atoms with Gasteiger partial charge in [-0.25, -0.2) is 13.4 Å². The Morgan fingerprint density at radius 3 is 2.43 bits per heavy atom. The molecule has 0 spiro atoms. The number of rotatable bonds is 5. The predicted molar refractivity (Wildman–Crippen MR) is 85.1 cm³/mol. The molecule has 0 radical (unpaired) electrons. The van der Waals surface area contributed by atoms with Gasteiger partial charge >= 0.3 is 0 Å². The van der Waals surface area contributed by atoms with Crippen LogP contribution in [0.25, 0.3) is 0 Å². The van der Waals surface area contributed by atoms with Crippen molar-refractivity contribution >= 4 is 21.5 Å². The molecule has 1 aromatic carbocycles. The third kappa shape index (κ3) is 3.72. The second-order valence-electron chi connectivity index (χ2n) is 4.86. The van der Waals surface area contributed by atoms with E-state index in [0.29, 0.717) is 18.1 Å². The summed E-state index contributed by atoms with van der Waals surface area (Å²) in [6.45, 7) is 6.35. The maximum absolute atomic E-state index is 12.5. The lowest BCUT2D eigenvalue weighted by atomic mass is 10.1. The monoisotopic (exact) mass is 305 g/mol. The molecule has 0 aliphatic heterocycles. The molecule has 0 atom stereocenters. The van der Waals surface area contributed by atoms with E-state index in [1.54, 1.807) is 24.4 Å². The van der Waals surface area contributed by atoms with Gasteiger partial charge in [-0.3, -0.25) is 4.72 Å². The van der Waals surface area contributed by atoms with Crippen LogP contribution < -0.4 is 10.0 Å². The number of hydrogen-bond donors (Lipinski definition) is 2. The Morgan fingerprint density at radius 2 is 1.81 bits per heavy atom. The summed E-state index contributed by atoms with van der Waals surface area (Å²) >= 11 is 0. The van der Waals surface area contributed by atoms with Crippen LogP contribution in [-0.2, 0) is 10.0 Å². The maximum atomic E-state index is 12.5. The average Bonchev–Trinajstić information content (AvgIpc) is 2.37. The van der Waals surface area contributed by atoms with Crippen molar-refractivity contribution in [2.24, 2.45) is 0 Å². The predicted octanol–water partition coefficient (Wildman–Crippen LogP) is 2.93. The van der Waals surface area contributed by atoms with Crippen LogP contribution >= 0.6 is 0 Å². The minimum Gasteiger partial charge on any atom is -0.369 e. The number of aromatic nitrogens is 1. The van der Waals surface area contributed by atoms with E-state index < -0.39 is 10.0 Å². The van der Waals surface area contributed by atoms with Crippen LogP contribution in [0.3, 0.4) is 0 Å². The minimum atomic E-state index is -3.67. The molecule has 0 amide bonds. The van der Waals surface area contributed by atoms with E-state index in [-0.39, 0.29) is 4.90 Å². The highest BCUT2D eigenvalue weighted by atomic mass is 32.2. The van der Waals surface area contributed by atoms with Gasteiger partial charge in [0.25, 0.3) is 10.0 Å². The van der Waals surface area contributed by atoms with Gasteiger partial charge in [0, 0.05) is 18.4 Å². The molecule has 0 aliphatic rings. The first-order chi connectivity index (χ1) is 9.92. The molecule has 0 bridgehead atoms. The van der Waals surface area contributed by atoms with Crippen LogP contribution in [0.1, 0.15) is 18.1 Å². The quantitative estimate of drug-likeness (QED) is 0.891. The van der Waals surface area contributed by atoms with Gasteiger partial charge in [-0.1, -0.05) is 6.07 Å². The van der Waals surface area contributed by atoms with Gasteiger partial charge in [0.1, 0.15) is 10.7 Å². The van der Waals surface area contributed by atoms with Crippen molar-refractivity contribution in [1.82, 2.24) is 4.98 Å². The molecule has 5 nitrogen and oxygen atoms in total. The van der Waals surface area contributed by atoms with Crippen LogP contribution in [0.4, 0.5) is 11.5 Å². The number of sulfonamides is 1. The fourth-order valence-corrected chi connectivity index (χ4v) is 3.33. The molecule has 0 aliphatic carbocycles. The maximum Gasteiger partial charge on any atom is 0.265 e. The summed E-state index contributed by atoms with van der Waals surface area (Å²) in [5.74, 6) is 0.358. The van der Waals surface area contributed by atoms with Gasteiger partial charge in [-0.2, -0.15) is 0 Å². The Balaban J connectivity index is 2.38. The SMILES string of the molecule is CCNc1ncccc1S(=O)(=O)Nc1cc(C)cc(C)c1. The molecule has 2 rings (SSSR count). The van der Waals surface area contributed by atoms with E-state index >= 15 is 0 Å². The van der Waals surface area contributed by atoms with E-state index in [1.165, 1.54) is 6.07 Å². The smallest absolute Gasteiger partial charge is 0.265 e. The van der Waals surface area contributed by atoms with Crippen molar-refractivity contribution in [3.8, 4) is 0 Å². The highest BCUT2D eigenvalue weighted by Crippen LogP contribution is 2.22. The Labute approximate surface area is 125 Å². The summed E-state index contributed by atoms with van der Waals surface area (Å²) in [6.07, 6.45) is 1.56. The van der Waals surface area contributed by atoms with E-state index in [0.717, 1.165) is 11.1 Å². The zero-order valence-corrected chi connectivity index (χ0v) is 13.2. The number of nitrogens with zero attached hydrogens (tertiary/aromatic N) is 1. The second-order valence-corrected chi connectivity index (χ2v) is 6.51. The van der Waals surface area contributed by atoms with Crippen LogP contribution in [0.5, 0.6) is 0 Å². The topological polar surface area (TPSA) is 71.1 Å². The van der Waals surface area contributed by atoms with Crippen molar-refractivity contribution in [2.75, 3.05) is 16.6 Å². The lowest BCUT2D eigenvalue weighted by molar-refractivity contribution is 0.601. The molecular formula is C15H19N3O2S. The lowest BCUT2D eigenvalue weighted by Crippen LogP contribution is -2.16. The Morgan fingerprint density at radius 1 is 1.14 bits per heavy atom. The molecule has 1 heterocycles. The van der Waals surface area contributed by atoms with Crippen molar-refractivity contribution < 1.29 is 8.42 Å². The summed E-state index contributed by atoms with van der Waals surface area (Å²) in [7, 11) is -3.67. The van der Waals surface area contributed by atoms with Gasteiger partial charge < -0.3 is 5.32 Å². The zero-order chi connectivity index (χ0) is 15.5. The number of pyridine rings is 1. The second kappa shape index (κ2) is 6.13. The third-order valence-corrected chi connectivity index (χ3v) is 4.29. The van der Waals surface area contributed by atoms with E-state index in [1.807, 2.05) is 26.8 Å². The fraction of sp³-hybridized carbons (Fsp3) is 0.267. The summed E-state index contributed by atoms with van der Waals surface area (Å²) in [6, 6.07) is 8.74. The first-order valence-corrected chi connectivity index (χ1v) is 8.20. The van der Waals surface area contributed by atoms with Crippen LogP contribution in [0, 0.1) is 13.8 Å². The molecule has 0 saturated heterocycles. The van der Waals surface area contributed by atoms with Crippen LogP contribution in [0.15, 0.2) is 41.4 Å². The van der Waals surface area contributed by atoms with Crippen molar-refractivity contribution in [3.63, 3.8) is 0 Å². The van der Waals surface area contributed by atoms with Crippen LogP contribution in [-0.4, -0.2) is 19.9 Å². The number of hydrogen-bond acceptors (Lipinski definition) is 4. The average molecular weight is 305 g/mol. The summed E-state index contributed by atoms with van der Waals surface area (Å²) in [5.41, 5.74) is 2.57. The number of nitrogens with one attached hydrogen (secondary N) is 2. The normalized spacial score (nSPS) is 11.2. The Hall–Kier alpha value is -2.08. The fourth-order valence-electron chi connectivity index (χ4n) is 2.15. The molecule has 1 aromatic heterocycles. The van der Waals surface area contributed by atoms with Gasteiger partial charge in [-0.15, -0.1) is 0 Å². The summed E-state index contributed by atoms with van der Waals surface area (Å²) < 4.78 is 27.7. The Bertz CT molecular complexity index is 722. The van der Waals surface area contributed by atoms with Gasteiger partial charge in [-0.05, 0) is 56.2 Å². The molecule has 21 heavy (non-hydrogen) atoms. The van der Waals surface area contributed by atoms with Crippen LogP contribution in [0.2, 0.25) is 0 Å². The molecule has 0 saturated carbocycles. The molecular weight excluding hydrogens is 286 g/mol. The molecule has 6 heteroatoms. The number of aryl methyl sites for hydroxylation is 2. The standard InChI is InChI=1S/C15H19N3O2S/c1-4-16-15-14(6-5-7-17-15)21(19,20)18-13-9-11(2)8-12(3)10-13/h5-10,18H,4H2,1-3H3,(H,16,17). The first kappa shape index (κ1) is 15.3. The van der Waals surface area contributed by atoms with Gasteiger partial charge in [0.2, 0.25) is 0 Å². The zero-order valence-electron chi connectivity index (χ0n) is 12.3. The van der Waals surface area contributed by atoms with Crippen molar-refractivity contribution in [3.05, 3.63) is 47.7 Å². The van der Waals surface area contributed by atoms with E-state index in [2.05, 4.69) is 15.0 Å². The Kier molecular flexibility index (Phi) is 4.47. The molecule has 112 valence electrons. The molecule has 0 fully saturated rings. The van der Waals surface area contributed by atoms with E-state index in [9.17, 15) is 8.42 Å². The van der Waals surface area contributed by atoms with Gasteiger partial charge in [0.15, 0.2) is 0 Å². The molecule has 0 unspecified atom stereocenters.